The van der Waals surface area contributed by atoms with Gasteiger partial charge in [-0.2, -0.15) is 0 Å². The Balaban J connectivity index is 1.52. The highest BCUT2D eigenvalue weighted by Gasteiger charge is 2.44. The zero-order valence-electron chi connectivity index (χ0n) is 15.5. The highest BCUT2D eigenvalue weighted by atomic mass is 35.5. The largest absolute Gasteiger partial charge is 0.486 e. The van der Waals surface area contributed by atoms with Crippen LogP contribution in [0.25, 0.3) is 0 Å². The lowest BCUT2D eigenvalue weighted by Crippen LogP contribution is -2.52. The zero-order valence-corrected chi connectivity index (χ0v) is 16.3. The Morgan fingerprint density at radius 2 is 1.89 bits per heavy atom. The lowest BCUT2D eigenvalue weighted by Gasteiger charge is -2.44. The smallest absolute Gasteiger partial charge is 0.253 e. The van der Waals surface area contributed by atoms with Gasteiger partial charge in [-0.1, -0.05) is 23.7 Å². The highest BCUT2D eigenvalue weighted by Crippen LogP contribution is 2.41. The van der Waals surface area contributed by atoms with Crippen LogP contribution < -0.4 is 4.74 Å². The number of halogens is 1. The molecule has 5 heteroatoms. The van der Waals surface area contributed by atoms with Crippen molar-refractivity contribution in [1.29, 1.82) is 0 Å². The molecule has 4 rings (SSSR count). The number of ketones is 1. The fraction of sp³-hybridized carbons (Fsp3) is 0.364. The molecule has 0 atom stereocenters. The molecule has 2 aromatic rings. The van der Waals surface area contributed by atoms with Crippen LogP contribution in [0.4, 0.5) is 0 Å². The Labute approximate surface area is 164 Å². The molecule has 0 bridgehead atoms. The van der Waals surface area contributed by atoms with Crippen molar-refractivity contribution in [3.63, 3.8) is 0 Å². The number of ether oxygens (including phenoxy) is 1. The minimum Gasteiger partial charge on any atom is -0.486 e. The van der Waals surface area contributed by atoms with Crippen molar-refractivity contribution in [2.45, 2.75) is 38.7 Å². The fourth-order valence-corrected chi connectivity index (χ4v) is 4.33. The summed E-state index contributed by atoms with van der Waals surface area (Å²) in [5.74, 6) is 0.825. The first-order valence-electron chi connectivity index (χ1n) is 9.25. The van der Waals surface area contributed by atoms with Gasteiger partial charge in [0.05, 0.1) is 12.0 Å². The molecule has 0 N–H and O–H groups in total. The summed E-state index contributed by atoms with van der Waals surface area (Å²) in [5.41, 5.74) is 2.84. The van der Waals surface area contributed by atoms with Crippen LogP contribution in [-0.2, 0) is 0 Å². The number of piperidine rings is 1. The van der Waals surface area contributed by atoms with E-state index in [0.717, 1.165) is 11.1 Å². The van der Waals surface area contributed by atoms with Crippen molar-refractivity contribution in [1.82, 2.24) is 4.90 Å². The second-order valence-corrected chi connectivity index (χ2v) is 8.08. The van der Waals surface area contributed by atoms with Crippen molar-refractivity contribution in [3.8, 4) is 5.75 Å². The van der Waals surface area contributed by atoms with Gasteiger partial charge in [-0.3, -0.25) is 9.59 Å². The molecule has 0 unspecified atom stereocenters. The Bertz CT molecular complexity index is 929. The molecule has 140 valence electrons. The van der Waals surface area contributed by atoms with Crippen LogP contribution in [-0.4, -0.2) is 35.3 Å². The van der Waals surface area contributed by atoms with Gasteiger partial charge in [0.2, 0.25) is 0 Å². The van der Waals surface area contributed by atoms with Gasteiger partial charge in [-0.05, 0) is 49.2 Å². The van der Waals surface area contributed by atoms with Crippen LogP contribution in [0.1, 0.15) is 51.1 Å². The van der Waals surface area contributed by atoms with Gasteiger partial charge in [0.1, 0.15) is 11.4 Å². The summed E-state index contributed by atoms with van der Waals surface area (Å²) in [5, 5.41) is 0.554. The minimum absolute atomic E-state index is 0.0262. The molecule has 0 radical (unpaired) electrons. The molecule has 2 aromatic carbocycles. The molecule has 27 heavy (non-hydrogen) atoms. The Morgan fingerprint density at radius 1 is 1.15 bits per heavy atom. The lowest BCUT2D eigenvalue weighted by atomic mass is 9.81. The number of benzene rings is 2. The molecule has 2 aliphatic rings. The standard InChI is InChI=1S/C22H22ClNO3/c1-14-10-15(2)20-18(11-14)19(25)13-22(27-20)6-8-24(9-7-22)21(26)16-4-3-5-17(23)12-16/h3-5,10-12H,6-9,13H2,1-2H3. The van der Waals surface area contributed by atoms with E-state index in [9.17, 15) is 9.59 Å². The van der Waals surface area contributed by atoms with Gasteiger partial charge in [0, 0.05) is 36.5 Å². The second kappa shape index (κ2) is 6.68. The van der Waals surface area contributed by atoms with Crippen LogP contribution >= 0.6 is 11.6 Å². The molecule has 1 saturated heterocycles. The predicted molar refractivity (Wildman–Crippen MR) is 105 cm³/mol. The minimum atomic E-state index is -0.505. The summed E-state index contributed by atoms with van der Waals surface area (Å²) in [6, 6.07) is 11.0. The molecular weight excluding hydrogens is 362 g/mol. The van der Waals surface area contributed by atoms with E-state index >= 15 is 0 Å². The van der Waals surface area contributed by atoms with Gasteiger partial charge < -0.3 is 9.64 Å². The van der Waals surface area contributed by atoms with E-state index in [1.165, 1.54) is 0 Å². The maximum atomic E-state index is 12.8. The first kappa shape index (κ1) is 18.1. The Kier molecular flexibility index (Phi) is 4.47. The number of carbonyl (C=O) groups excluding carboxylic acids is 2. The second-order valence-electron chi connectivity index (χ2n) is 7.65. The van der Waals surface area contributed by atoms with Crippen molar-refractivity contribution < 1.29 is 14.3 Å². The molecule has 2 heterocycles. The van der Waals surface area contributed by atoms with E-state index < -0.39 is 5.60 Å². The van der Waals surface area contributed by atoms with Crippen molar-refractivity contribution in [3.05, 3.63) is 63.7 Å². The summed E-state index contributed by atoms with van der Waals surface area (Å²) < 4.78 is 6.39. The zero-order chi connectivity index (χ0) is 19.2. The normalized spacial score (nSPS) is 18.2. The number of nitrogens with zero attached hydrogens (tertiary/aromatic N) is 1. The number of rotatable bonds is 1. The summed E-state index contributed by atoms with van der Waals surface area (Å²) in [7, 11) is 0. The maximum absolute atomic E-state index is 12.8. The molecule has 1 amide bonds. The molecule has 0 aliphatic carbocycles. The van der Waals surface area contributed by atoms with Gasteiger partial charge in [0.15, 0.2) is 5.78 Å². The number of aryl methyl sites for hydroxylation is 2. The third-order valence-corrected chi connectivity index (χ3v) is 5.79. The van der Waals surface area contributed by atoms with Crippen molar-refractivity contribution >= 4 is 23.3 Å². The van der Waals surface area contributed by atoms with Gasteiger partial charge >= 0.3 is 0 Å². The molecule has 4 nitrogen and oxygen atoms in total. The van der Waals surface area contributed by atoms with Crippen LogP contribution in [0.2, 0.25) is 5.02 Å². The van der Waals surface area contributed by atoms with Gasteiger partial charge in [-0.25, -0.2) is 0 Å². The van der Waals surface area contributed by atoms with Gasteiger partial charge in [0.25, 0.3) is 5.91 Å². The average Bonchev–Trinajstić information content (AvgIpc) is 2.63. The first-order chi connectivity index (χ1) is 12.9. The van der Waals surface area contributed by atoms with E-state index in [2.05, 4.69) is 0 Å². The van der Waals surface area contributed by atoms with Crippen LogP contribution in [0.5, 0.6) is 5.75 Å². The van der Waals surface area contributed by atoms with Gasteiger partial charge in [-0.15, -0.1) is 0 Å². The van der Waals surface area contributed by atoms with Crippen molar-refractivity contribution in [2.75, 3.05) is 13.1 Å². The monoisotopic (exact) mass is 383 g/mol. The molecule has 1 fully saturated rings. The Hall–Kier alpha value is -2.33. The maximum Gasteiger partial charge on any atom is 0.253 e. The Morgan fingerprint density at radius 3 is 2.59 bits per heavy atom. The first-order valence-corrected chi connectivity index (χ1v) is 9.63. The number of hydrogen-bond donors (Lipinski definition) is 0. The number of carbonyl (C=O) groups is 2. The molecule has 2 aliphatic heterocycles. The lowest BCUT2D eigenvalue weighted by molar-refractivity contribution is -0.00619. The molecule has 0 saturated carbocycles. The van der Waals surface area contributed by atoms with Crippen LogP contribution in [0.15, 0.2) is 36.4 Å². The summed E-state index contributed by atoms with van der Waals surface area (Å²) in [6.45, 7) is 5.11. The quantitative estimate of drug-likeness (QED) is 0.723. The third-order valence-electron chi connectivity index (χ3n) is 5.55. The van der Waals surface area contributed by atoms with Crippen LogP contribution in [0, 0.1) is 13.8 Å². The molecule has 0 aromatic heterocycles. The number of amides is 1. The number of hydrogen-bond acceptors (Lipinski definition) is 3. The number of fused-ring (bicyclic) bond motifs is 1. The third kappa shape index (κ3) is 3.34. The van der Waals surface area contributed by atoms with Crippen molar-refractivity contribution in [2.24, 2.45) is 0 Å². The van der Waals surface area contributed by atoms with E-state index in [0.29, 0.717) is 54.3 Å². The van der Waals surface area contributed by atoms with E-state index in [-0.39, 0.29) is 11.7 Å². The summed E-state index contributed by atoms with van der Waals surface area (Å²) >= 11 is 6.01. The fourth-order valence-electron chi connectivity index (χ4n) is 4.14. The number of Topliss-reactive ketones (excluding diaryl/α,β-unsaturated/α-hetero) is 1. The summed E-state index contributed by atoms with van der Waals surface area (Å²) in [6.07, 6.45) is 1.68. The average molecular weight is 384 g/mol. The highest BCUT2D eigenvalue weighted by molar-refractivity contribution is 6.30. The molecule has 1 spiro atoms. The van der Waals surface area contributed by atoms with E-state index in [4.69, 9.17) is 16.3 Å². The topological polar surface area (TPSA) is 46.6 Å². The number of likely N-dealkylation sites (tertiary alicyclic amines) is 1. The molecular formula is C22H22ClNO3. The van der Waals surface area contributed by atoms with E-state index in [1.807, 2.05) is 30.9 Å². The SMILES string of the molecule is Cc1cc(C)c2c(c1)C(=O)CC1(CCN(C(=O)c3cccc(Cl)c3)CC1)O2. The van der Waals surface area contributed by atoms with E-state index in [1.54, 1.807) is 24.3 Å². The summed E-state index contributed by atoms with van der Waals surface area (Å²) in [4.78, 5) is 27.3. The predicted octanol–water partition coefficient (Wildman–Crippen LogP) is 4.60. The van der Waals surface area contributed by atoms with Crippen LogP contribution in [0.3, 0.4) is 0 Å².